The second-order valence-corrected chi connectivity index (χ2v) is 8.36. The SMILES string of the molecule is COc1ccc(C2CCCCCN2CC(=O)Nc2cccc(N3CCCC3=O)c2)cc1. The van der Waals surface area contributed by atoms with Crippen molar-refractivity contribution in [3.05, 3.63) is 54.1 Å². The highest BCUT2D eigenvalue weighted by Gasteiger charge is 2.25. The van der Waals surface area contributed by atoms with Crippen molar-refractivity contribution in [2.75, 3.05) is 37.0 Å². The lowest BCUT2D eigenvalue weighted by Gasteiger charge is -2.30. The second kappa shape index (κ2) is 9.96. The molecule has 6 heteroatoms. The quantitative estimate of drug-likeness (QED) is 0.752. The molecule has 2 fully saturated rings. The Kier molecular flexibility index (Phi) is 6.87. The van der Waals surface area contributed by atoms with E-state index in [0.717, 1.165) is 49.5 Å². The van der Waals surface area contributed by atoms with Crippen LogP contribution in [0.5, 0.6) is 5.75 Å². The number of hydrogen-bond acceptors (Lipinski definition) is 4. The molecular weight excluding hydrogens is 390 g/mol. The molecule has 2 saturated heterocycles. The second-order valence-electron chi connectivity index (χ2n) is 8.36. The minimum atomic E-state index is -0.0229. The predicted molar refractivity (Wildman–Crippen MR) is 122 cm³/mol. The average molecular weight is 422 g/mol. The Morgan fingerprint density at radius 2 is 1.90 bits per heavy atom. The van der Waals surface area contributed by atoms with Crippen molar-refractivity contribution < 1.29 is 14.3 Å². The van der Waals surface area contributed by atoms with E-state index in [4.69, 9.17) is 4.74 Å². The number of rotatable bonds is 6. The molecule has 0 bridgehead atoms. The van der Waals surface area contributed by atoms with Crippen LogP contribution in [0.1, 0.15) is 50.1 Å². The van der Waals surface area contributed by atoms with Gasteiger partial charge in [0, 0.05) is 30.4 Å². The first-order chi connectivity index (χ1) is 15.1. The molecule has 0 radical (unpaired) electrons. The van der Waals surface area contributed by atoms with Gasteiger partial charge in [-0.15, -0.1) is 0 Å². The number of nitrogens with zero attached hydrogens (tertiary/aromatic N) is 2. The molecule has 0 aromatic heterocycles. The Balaban J connectivity index is 1.44. The summed E-state index contributed by atoms with van der Waals surface area (Å²) in [5.74, 6) is 0.971. The van der Waals surface area contributed by atoms with Gasteiger partial charge < -0.3 is 15.0 Å². The fourth-order valence-corrected chi connectivity index (χ4v) is 4.62. The van der Waals surface area contributed by atoms with Crippen LogP contribution in [0.25, 0.3) is 0 Å². The molecule has 6 nitrogen and oxygen atoms in total. The van der Waals surface area contributed by atoms with Gasteiger partial charge in [0.25, 0.3) is 0 Å². The topological polar surface area (TPSA) is 61.9 Å². The lowest BCUT2D eigenvalue weighted by molar-refractivity contribution is -0.118. The maximum Gasteiger partial charge on any atom is 0.238 e. The third kappa shape index (κ3) is 5.25. The maximum absolute atomic E-state index is 12.9. The lowest BCUT2D eigenvalue weighted by atomic mass is 10.0. The number of ether oxygens (including phenoxy) is 1. The van der Waals surface area contributed by atoms with Gasteiger partial charge in [-0.3, -0.25) is 14.5 Å². The monoisotopic (exact) mass is 421 g/mol. The molecule has 31 heavy (non-hydrogen) atoms. The van der Waals surface area contributed by atoms with Gasteiger partial charge in [0.1, 0.15) is 5.75 Å². The first-order valence-electron chi connectivity index (χ1n) is 11.2. The van der Waals surface area contributed by atoms with Crippen molar-refractivity contribution in [1.29, 1.82) is 0 Å². The van der Waals surface area contributed by atoms with Gasteiger partial charge in [-0.2, -0.15) is 0 Å². The van der Waals surface area contributed by atoms with Crippen LogP contribution in [-0.4, -0.2) is 43.5 Å². The zero-order chi connectivity index (χ0) is 21.6. The van der Waals surface area contributed by atoms with E-state index in [0.29, 0.717) is 13.0 Å². The van der Waals surface area contributed by atoms with Crippen LogP contribution in [0.3, 0.4) is 0 Å². The highest BCUT2D eigenvalue weighted by atomic mass is 16.5. The molecule has 2 aliphatic rings. The molecule has 164 valence electrons. The summed E-state index contributed by atoms with van der Waals surface area (Å²) < 4.78 is 5.29. The normalized spacial score (nSPS) is 19.8. The van der Waals surface area contributed by atoms with E-state index in [1.165, 1.54) is 18.4 Å². The van der Waals surface area contributed by atoms with E-state index in [-0.39, 0.29) is 17.9 Å². The van der Waals surface area contributed by atoms with Crippen molar-refractivity contribution in [2.45, 2.75) is 44.6 Å². The molecule has 0 saturated carbocycles. The Hall–Kier alpha value is -2.86. The first-order valence-corrected chi connectivity index (χ1v) is 11.2. The number of likely N-dealkylation sites (tertiary alicyclic amines) is 1. The Morgan fingerprint density at radius 3 is 2.65 bits per heavy atom. The third-order valence-corrected chi connectivity index (χ3v) is 6.23. The highest BCUT2D eigenvalue weighted by molar-refractivity contribution is 5.97. The summed E-state index contributed by atoms with van der Waals surface area (Å²) >= 11 is 0. The van der Waals surface area contributed by atoms with Crippen LogP contribution in [0, 0.1) is 0 Å². The molecule has 2 amide bonds. The van der Waals surface area contributed by atoms with E-state index in [2.05, 4.69) is 22.3 Å². The van der Waals surface area contributed by atoms with E-state index in [9.17, 15) is 9.59 Å². The Bertz CT molecular complexity index is 912. The van der Waals surface area contributed by atoms with Crippen LogP contribution in [0.4, 0.5) is 11.4 Å². The number of carbonyl (C=O) groups excluding carboxylic acids is 2. The number of anilines is 2. The molecule has 4 rings (SSSR count). The molecule has 0 aliphatic carbocycles. The predicted octanol–water partition coefficient (Wildman–Crippen LogP) is 4.38. The summed E-state index contributed by atoms with van der Waals surface area (Å²) in [5.41, 5.74) is 2.81. The molecule has 2 aromatic carbocycles. The van der Waals surface area contributed by atoms with Crippen LogP contribution >= 0.6 is 0 Å². The minimum absolute atomic E-state index is 0.0229. The molecule has 1 unspecified atom stereocenters. The first kappa shape index (κ1) is 21.4. The number of amides is 2. The molecule has 0 spiro atoms. The van der Waals surface area contributed by atoms with Gasteiger partial charge >= 0.3 is 0 Å². The summed E-state index contributed by atoms with van der Waals surface area (Å²) in [4.78, 5) is 29.0. The van der Waals surface area contributed by atoms with Crippen molar-refractivity contribution in [1.82, 2.24) is 4.90 Å². The minimum Gasteiger partial charge on any atom is -0.497 e. The summed E-state index contributed by atoms with van der Waals surface area (Å²) in [5, 5.41) is 3.04. The maximum atomic E-state index is 12.9. The van der Waals surface area contributed by atoms with Crippen molar-refractivity contribution in [3.8, 4) is 5.75 Å². The van der Waals surface area contributed by atoms with E-state index < -0.39 is 0 Å². The molecule has 2 aliphatic heterocycles. The molecule has 1 atom stereocenters. The molecular formula is C25H31N3O3. The number of benzene rings is 2. The highest BCUT2D eigenvalue weighted by Crippen LogP contribution is 2.31. The number of carbonyl (C=O) groups is 2. The van der Waals surface area contributed by atoms with Crippen molar-refractivity contribution >= 4 is 23.2 Å². The van der Waals surface area contributed by atoms with Gasteiger partial charge in [0.15, 0.2) is 0 Å². The Labute approximate surface area is 184 Å². The summed E-state index contributed by atoms with van der Waals surface area (Å²) in [7, 11) is 1.67. The van der Waals surface area contributed by atoms with E-state index >= 15 is 0 Å². The van der Waals surface area contributed by atoms with Gasteiger partial charge in [-0.1, -0.05) is 31.0 Å². The zero-order valence-electron chi connectivity index (χ0n) is 18.2. The van der Waals surface area contributed by atoms with Gasteiger partial charge in [0.05, 0.1) is 13.7 Å². The number of methoxy groups -OCH3 is 1. The summed E-state index contributed by atoms with van der Waals surface area (Å²) in [6.07, 6.45) is 5.99. The number of hydrogen-bond donors (Lipinski definition) is 1. The molecule has 2 heterocycles. The lowest BCUT2D eigenvalue weighted by Crippen LogP contribution is -2.36. The summed E-state index contributed by atoms with van der Waals surface area (Å²) in [6.45, 7) is 2.00. The van der Waals surface area contributed by atoms with Crippen molar-refractivity contribution in [3.63, 3.8) is 0 Å². The van der Waals surface area contributed by atoms with Crippen LogP contribution in [0.2, 0.25) is 0 Å². The molecule has 2 aromatic rings. The van der Waals surface area contributed by atoms with Gasteiger partial charge in [-0.25, -0.2) is 0 Å². The van der Waals surface area contributed by atoms with Gasteiger partial charge in [-0.05, 0) is 61.7 Å². The van der Waals surface area contributed by atoms with E-state index in [1.807, 2.05) is 36.4 Å². The smallest absolute Gasteiger partial charge is 0.238 e. The average Bonchev–Trinajstić information content (AvgIpc) is 3.08. The summed E-state index contributed by atoms with van der Waals surface area (Å²) in [6, 6.07) is 16.0. The van der Waals surface area contributed by atoms with Gasteiger partial charge in [0.2, 0.25) is 11.8 Å². The standard InChI is InChI=1S/C25H31N3O3/c1-31-22-13-11-19(12-14-22)23-9-3-2-4-15-27(23)18-24(29)26-20-7-5-8-21(17-20)28-16-6-10-25(28)30/h5,7-8,11-14,17,23H,2-4,6,9-10,15-16,18H2,1H3,(H,26,29). The fourth-order valence-electron chi connectivity index (χ4n) is 4.62. The van der Waals surface area contributed by atoms with Crippen LogP contribution < -0.4 is 15.0 Å². The van der Waals surface area contributed by atoms with Crippen LogP contribution in [0.15, 0.2) is 48.5 Å². The largest absolute Gasteiger partial charge is 0.497 e. The fraction of sp³-hybridized carbons (Fsp3) is 0.440. The number of nitrogens with one attached hydrogen (secondary N) is 1. The third-order valence-electron chi connectivity index (χ3n) is 6.23. The van der Waals surface area contributed by atoms with E-state index in [1.54, 1.807) is 12.0 Å². The molecule has 1 N–H and O–H groups in total. The van der Waals surface area contributed by atoms with Crippen LogP contribution in [-0.2, 0) is 9.59 Å². The zero-order valence-corrected chi connectivity index (χ0v) is 18.2. The Morgan fingerprint density at radius 1 is 1.06 bits per heavy atom. The van der Waals surface area contributed by atoms with Crippen molar-refractivity contribution in [2.24, 2.45) is 0 Å².